The Morgan fingerprint density at radius 2 is 2.00 bits per heavy atom. The molecule has 14 heavy (non-hydrogen) atoms. The topological polar surface area (TPSA) is 3.24 Å². The summed E-state index contributed by atoms with van der Waals surface area (Å²) in [6, 6.07) is 0. The summed E-state index contributed by atoms with van der Waals surface area (Å²) in [5.41, 5.74) is 0. The maximum Gasteiger partial charge on any atom is 0.00170 e. The summed E-state index contributed by atoms with van der Waals surface area (Å²) in [6.45, 7) is 7.13. The Labute approximate surface area is 94.7 Å². The van der Waals surface area contributed by atoms with Crippen molar-refractivity contribution >= 4 is 12.6 Å². The van der Waals surface area contributed by atoms with E-state index in [1.807, 2.05) is 0 Å². The van der Waals surface area contributed by atoms with Crippen LogP contribution in [0.1, 0.15) is 33.1 Å². The molecule has 1 aliphatic rings. The molecule has 0 heterocycles. The van der Waals surface area contributed by atoms with Crippen LogP contribution in [0.25, 0.3) is 0 Å². The van der Waals surface area contributed by atoms with E-state index in [1.54, 1.807) is 0 Å². The lowest BCUT2D eigenvalue weighted by Crippen LogP contribution is -2.35. The van der Waals surface area contributed by atoms with Crippen LogP contribution >= 0.6 is 12.6 Å². The lowest BCUT2D eigenvalue weighted by molar-refractivity contribution is 0.177. The number of nitrogens with zero attached hydrogens (tertiary/aromatic N) is 1. The van der Waals surface area contributed by atoms with Crippen molar-refractivity contribution in [2.75, 3.05) is 25.9 Å². The Hall–Kier alpha value is 0.310. The average Bonchev–Trinajstić information content (AvgIpc) is 2.07. The fraction of sp³-hybridized carbons (Fsp3) is 1.00. The molecule has 2 heteroatoms. The van der Waals surface area contributed by atoms with Crippen molar-refractivity contribution in [2.24, 2.45) is 17.8 Å². The van der Waals surface area contributed by atoms with Gasteiger partial charge in [0.05, 0.1) is 0 Å². The average molecular weight is 215 g/mol. The molecule has 0 aromatic heterocycles. The van der Waals surface area contributed by atoms with Crippen molar-refractivity contribution in [3.05, 3.63) is 0 Å². The summed E-state index contributed by atoms with van der Waals surface area (Å²) in [6.07, 6.45) is 4.37. The zero-order valence-corrected chi connectivity index (χ0v) is 10.8. The second-order valence-electron chi connectivity index (χ2n) is 5.20. The van der Waals surface area contributed by atoms with Gasteiger partial charge in [0.2, 0.25) is 0 Å². The largest absolute Gasteiger partial charge is 0.306 e. The Morgan fingerprint density at radius 3 is 2.36 bits per heavy atom. The number of hydrogen-bond donors (Lipinski definition) is 1. The van der Waals surface area contributed by atoms with Crippen LogP contribution in [-0.2, 0) is 0 Å². The second kappa shape index (κ2) is 6.02. The molecular weight excluding hydrogens is 190 g/mol. The highest BCUT2D eigenvalue weighted by Crippen LogP contribution is 2.27. The predicted octanol–water partition coefficient (Wildman–Crippen LogP) is 2.92. The highest BCUT2D eigenvalue weighted by Gasteiger charge is 2.21. The van der Waals surface area contributed by atoms with Crippen molar-refractivity contribution in [2.45, 2.75) is 33.1 Å². The molecule has 0 aliphatic heterocycles. The molecule has 0 saturated heterocycles. The third-order valence-electron chi connectivity index (χ3n) is 3.52. The molecule has 1 rings (SSSR count). The van der Waals surface area contributed by atoms with Gasteiger partial charge >= 0.3 is 0 Å². The molecule has 1 saturated carbocycles. The molecule has 0 aromatic rings. The van der Waals surface area contributed by atoms with E-state index < -0.39 is 0 Å². The molecule has 1 aliphatic carbocycles. The summed E-state index contributed by atoms with van der Waals surface area (Å²) in [5, 5.41) is 0. The minimum atomic E-state index is 0.753. The zero-order valence-electron chi connectivity index (χ0n) is 9.87. The molecule has 1 unspecified atom stereocenters. The minimum Gasteiger partial charge on any atom is -0.306 e. The quantitative estimate of drug-likeness (QED) is 0.667. The van der Waals surface area contributed by atoms with Gasteiger partial charge in [-0.05, 0) is 43.4 Å². The molecular formula is C12H25NS. The van der Waals surface area contributed by atoms with Crippen molar-refractivity contribution in [3.63, 3.8) is 0 Å². The van der Waals surface area contributed by atoms with Gasteiger partial charge in [-0.3, -0.25) is 0 Å². The fourth-order valence-corrected chi connectivity index (χ4v) is 2.61. The smallest absolute Gasteiger partial charge is 0.00170 e. The second-order valence-corrected chi connectivity index (χ2v) is 5.57. The van der Waals surface area contributed by atoms with E-state index in [0.29, 0.717) is 0 Å². The highest BCUT2D eigenvalue weighted by molar-refractivity contribution is 7.80. The normalized spacial score (nSPS) is 20.1. The standard InChI is InChI=1S/C12H25NS/c1-10(2)12(9-14)8-13(3)7-11-5-4-6-11/h10-12,14H,4-9H2,1-3H3. The monoisotopic (exact) mass is 215 g/mol. The van der Waals surface area contributed by atoms with Gasteiger partial charge < -0.3 is 4.90 Å². The first kappa shape index (κ1) is 12.4. The summed E-state index contributed by atoms with van der Waals surface area (Å²) in [5.74, 6) is 3.53. The van der Waals surface area contributed by atoms with Crippen LogP contribution in [0.3, 0.4) is 0 Å². The van der Waals surface area contributed by atoms with E-state index in [2.05, 4.69) is 38.4 Å². The van der Waals surface area contributed by atoms with Gasteiger partial charge in [-0.1, -0.05) is 20.3 Å². The van der Waals surface area contributed by atoms with E-state index in [4.69, 9.17) is 0 Å². The highest BCUT2D eigenvalue weighted by atomic mass is 32.1. The van der Waals surface area contributed by atoms with Crippen LogP contribution in [0.5, 0.6) is 0 Å². The predicted molar refractivity (Wildman–Crippen MR) is 67.0 cm³/mol. The molecule has 0 amide bonds. The summed E-state index contributed by atoms with van der Waals surface area (Å²) < 4.78 is 0. The van der Waals surface area contributed by atoms with Crippen molar-refractivity contribution < 1.29 is 0 Å². The molecule has 0 spiro atoms. The van der Waals surface area contributed by atoms with Gasteiger partial charge in [-0.2, -0.15) is 12.6 Å². The number of rotatable bonds is 6. The molecule has 1 fully saturated rings. The Morgan fingerprint density at radius 1 is 1.36 bits per heavy atom. The Balaban J connectivity index is 2.19. The first-order valence-corrected chi connectivity index (χ1v) is 6.56. The maximum absolute atomic E-state index is 4.43. The van der Waals surface area contributed by atoms with E-state index >= 15 is 0 Å². The van der Waals surface area contributed by atoms with Crippen molar-refractivity contribution in [1.82, 2.24) is 4.90 Å². The molecule has 84 valence electrons. The van der Waals surface area contributed by atoms with Gasteiger partial charge in [-0.15, -0.1) is 0 Å². The molecule has 0 N–H and O–H groups in total. The Bertz CT molecular complexity index is 154. The van der Waals surface area contributed by atoms with Gasteiger partial charge in [-0.25, -0.2) is 0 Å². The lowest BCUT2D eigenvalue weighted by atomic mass is 9.85. The van der Waals surface area contributed by atoms with Gasteiger partial charge in [0, 0.05) is 13.1 Å². The third-order valence-corrected chi connectivity index (χ3v) is 3.99. The van der Waals surface area contributed by atoms with Crippen LogP contribution < -0.4 is 0 Å². The van der Waals surface area contributed by atoms with Crippen LogP contribution in [0.15, 0.2) is 0 Å². The van der Waals surface area contributed by atoms with Crippen LogP contribution in [0.4, 0.5) is 0 Å². The summed E-state index contributed by atoms with van der Waals surface area (Å²) >= 11 is 4.43. The molecule has 1 atom stereocenters. The van der Waals surface area contributed by atoms with E-state index in [9.17, 15) is 0 Å². The zero-order chi connectivity index (χ0) is 10.6. The molecule has 0 bridgehead atoms. The van der Waals surface area contributed by atoms with Gasteiger partial charge in [0.15, 0.2) is 0 Å². The Kier molecular flexibility index (Phi) is 5.32. The summed E-state index contributed by atoms with van der Waals surface area (Å²) in [7, 11) is 2.26. The van der Waals surface area contributed by atoms with E-state index in [0.717, 1.165) is 23.5 Å². The number of thiol groups is 1. The molecule has 0 aromatic carbocycles. The van der Waals surface area contributed by atoms with Crippen LogP contribution in [-0.4, -0.2) is 30.8 Å². The lowest BCUT2D eigenvalue weighted by Gasteiger charge is -2.32. The molecule has 0 radical (unpaired) electrons. The fourth-order valence-electron chi connectivity index (χ4n) is 2.07. The first-order chi connectivity index (χ1) is 6.63. The van der Waals surface area contributed by atoms with Crippen LogP contribution in [0, 0.1) is 17.8 Å². The third kappa shape index (κ3) is 3.82. The van der Waals surface area contributed by atoms with Crippen molar-refractivity contribution in [1.29, 1.82) is 0 Å². The maximum atomic E-state index is 4.43. The van der Waals surface area contributed by atoms with Gasteiger partial charge in [0.1, 0.15) is 0 Å². The SMILES string of the molecule is CC(C)C(CS)CN(C)CC1CCC1. The van der Waals surface area contributed by atoms with Gasteiger partial charge in [0.25, 0.3) is 0 Å². The van der Waals surface area contributed by atoms with E-state index in [1.165, 1.54) is 32.4 Å². The first-order valence-electron chi connectivity index (χ1n) is 5.93. The van der Waals surface area contributed by atoms with Crippen LogP contribution in [0.2, 0.25) is 0 Å². The van der Waals surface area contributed by atoms with Crippen molar-refractivity contribution in [3.8, 4) is 0 Å². The number of hydrogen-bond acceptors (Lipinski definition) is 2. The minimum absolute atomic E-state index is 0.753. The molecule has 1 nitrogen and oxygen atoms in total. The summed E-state index contributed by atoms with van der Waals surface area (Å²) in [4.78, 5) is 2.50. The van der Waals surface area contributed by atoms with E-state index in [-0.39, 0.29) is 0 Å².